The van der Waals surface area contributed by atoms with Gasteiger partial charge in [-0.15, -0.1) is 11.6 Å². The molecule has 1 aromatic carbocycles. The number of ether oxygens (including phenoxy) is 1. The molecular formula is C13H15ClN2O2. The van der Waals surface area contributed by atoms with Crippen LogP contribution in [0.5, 0.6) is 5.88 Å². The zero-order valence-corrected chi connectivity index (χ0v) is 10.9. The highest BCUT2D eigenvalue weighted by Crippen LogP contribution is 2.37. The number of hydrogen-bond donors (Lipinski definition) is 1. The molecule has 0 fully saturated rings. The summed E-state index contributed by atoms with van der Waals surface area (Å²) in [6, 6.07) is 9.68. The third-order valence-electron chi connectivity index (χ3n) is 2.49. The average molecular weight is 267 g/mol. The molecule has 0 saturated heterocycles. The van der Waals surface area contributed by atoms with Gasteiger partial charge in [-0.3, -0.25) is 0 Å². The van der Waals surface area contributed by atoms with Gasteiger partial charge in [-0.2, -0.15) is 0 Å². The van der Waals surface area contributed by atoms with Gasteiger partial charge in [0.15, 0.2) is 5.76 Å². The fourth-order valence-electron chi connectivity index (χ4n) is 1.69. The first-order valence-corrected chi connectivity index (χ1v) is 6.19. The molecule has 0 aliphatic carbocycles. The lowest BCUT2D eigenvalue weighted by Gasteiger charge is -2.06. The number of nitrogens with zero attached hydrogens (tertiary/aromatic N) is 1. The van der Waals surface area contributed by atoms with Crippen molar-refractivity contribution in [2.75, 3.05) is 13.2 Å². The lowest BCUT2D eigenvalue weighted by Crippen LogP contribution is -2.11. The van der Waals surface area contributed by atoms with Gasteiger partial charge in [-0.05, 0) is 12.1 Å². The number of aromatic nitrogens is 1. The molecule has 2 N–H and O–H groups in total. The van der Waals surface area contributed by atoms with Crippen LogP contribution in [0.15, 0.2) is 34.9 Å². The van der Waals surface area contributed by atoms with Gasteiger partial charge in [0, 0.05) is 12.1 Å². The van der Waals surface area contributed by atoms with E-state index >= 15 is 0 Å². The largest absolute Gasteiger partial charge is 0.474 e. The van der Waals surface area contributed by atoms with Crippen molar-refractivity contribution >= 4 is 11.6 Å². The molecule has 0 radical (unpaired) electrons. The van der Waals surface area contributed by atoms with Gasteiger partial charge < -0.3 is 15.0 Å². The molecule has 0 aliphatic rings. The van der Waals surface area contributed by atoms with Crippen LogP contribution in [0.3, 0.4) is 0 Å². The van der Waals surface area contributed by atoms with Gasteiger partial charge in [-0.1, -0.05) is 30.3 Å². The number of halogens is 1. The van der Waals surface area contributed by atoms with E-state index in [1.807, 2.05) is 37.3 Å². The lowest BCUT2D eigenvalue weighted by atomic mass is 10.1. The van der Waals surface area contributed by atoms with E-state index in [2.05, 4.69) is 5.16 Å². The van der Waals surface area contributed by atoms with Crippen molar-refractivity contribution in [3.63, 3.8) is 0 Å². The summed E-state index contributed by atoms with van der Waals surface area (Å²) in [6.07, 6.45) is 0. The second-order valence-corrected chi connectivity index (χ2v) is 4.50. The van der Waals surface area contributed by atoms with Gasteiger partial charge in [0.2, 0.25) is 0 Å². The van der Waals surface area contributed by atoms with Gasteiger partial charge >= 0.3 is 0 Å². The van der Waals surface area contributed by atoms with Gasteiger partial charge in [0.25, 0.3) is 5.88 Å². The Morgan fingerprint density at radius 1 is 1.39 bits per heavy atom. The molecule has 1 aromatic heterocycles. The van der Waals surface area contributed by atoms with Crippen molar-refractivity contribution in [3.8, 4) is 17.2 Å². The molecule has 0 spiro atoms. The fourth-order valence-corrected chi connectivity index (χ4v) is 1.88. The first kappa shape index (κ1) is 12.9. The third kappa shape index (κ3) is 2.66. The Morgan fingerprint density at radius 3 is 2.72 bits per heavy atom. The van der Waals surface area contributed by atoms with E-state index in [1.165, 1.54) is 0 Å². The minimum Gasteiger partial charge on any atom is -0.474 e. The summed E-state index contributed by atoms with van der Waals surface area (Å²) >= 11 is 6.17. The normalized spacial score (nSPS) is 12.4. The summed E-state index contributed by atoms with van der Waals surface area (Å²) in [4.78, 5) is 0. The Labute approximate surface area is 111 Å². The molecule has 5 heteroatoms. The molecule has 0 bridgehead atoms. The monoisotopic (exact) mass is 266 g/mol. The van der Waals surface area contributed by atoms with E-state index in [0.29, 0.717) is 24.8 Å². The highest BCUT2D eigenvalue weighted by molar-refractivity contribution is 6.21. The Kier molecular flexibility index (Phi) is 4.23. The molecular weight excluding hydrogens is 252 g/mol. The van der Waals surface area contributed by atoms with Crippen molar-refractivity contribution in [2.45, 2.75) is 12.3 Å². The van der Waals surface area contributed by atoms with Crippen LogP contribution in [-0.2, 0) is 0 Å². The van der Waals surface area contributed by atoms with Crippen LogP contribution in [0.2, 0.25) is 0 Å². The smallest absolute Gasteiger partial charge is 0.259 e. The van der Waals surface area contributed by atoms with Crippen LogP contribution in [0, 0.1) is 0 Å². The maximum Gasteiger partial charge on any atom is 0.259 e. The Hall–Kier alpha value is -1.52. The molecule has 0 aliphatic heterocycles. The molecule has 2 rings (SSSR count). The van der Waals surface area contributed by atoms with Crippen molar-refractivity contribution in [1.29, 1.82) is 0 Å². The number of rotatable bonds is 5. The summed E-state index contributed by atoms with van der Waals surface area (Å²) in [6.45, 7) is 2.66. The Balaban J connectivity index is 2.39. The van der Waals surface area contributed by atoms with E-state index in [-0.39, 0.29) is 5.38 Å². The van der Waals surface area contributed by atoms with Crippen LogP contribution in [0.1, 0.15) is 17.9 Å². The second-order valence-electron chi connectivity index (χ2n) is 3.85. The van der Waals surface area contributed by atoms with Crippen LogP contribution in [0.25, 0.3) is 11.3 Å². The number of benzene rings is 1. The van der Waals surface area contributed by atoms with Crippen LogP contribution in [0.4, 0.5) is 0 Å². The maximum atomic E-state index is 6.17. The minimum absolute atomic E-state index is 0.251. The van der Waals surface area contributed by atoms with Crippen molar-refractivity contribution < 1.29 is 9.26 Å². The maximum absolute atomic E-state index is 6.17. The number of alkyl halides is 1. The van der Waals surface area contributed by atoms with Gasteiger partial charge in [0.1, 0.15) is 6.61 Å². The van der Waals surface area contributed by atoms with Crippen molar-refractivity contribution in [2.24, 2.45) is 5.73 Å². The molecule has 1 atom stereocenters. The summed E-state index contributed by atoms with van der Waals surface area (Å²) < 4.78 is 10.8. The molecule has 18 heavy (non-hydrogen) atoms. The molecule has 1 unspecified atom stereocenters. The summed E-state index contributed by atoms with van der Waals surface area (Å²) in [5.74, 6) is 1.06. The van der Waals surface area contributed by atoms with Gasteiger partial charge in [-0.25, -0.2) is 0 Å². The topological polar surface area (TPSA) is 61.3 Å². The van der Waals surface area contributed by atoms with E-state index in [9.17, 15) is 0 Å². The molecule has 1 heterocycles. The second kappa shape index (κ2) is 5.89. The molecule has 0 amide bonds. The first-order chi connectivity index (χ1) is 8.74. The third-order valence-corrected chi connectivity index (χ3v) is 2.70. The molecule has 0 saturated carbocycles. The summed E-state index contributed by atoms with van der Waals surface area (Å²) in [5.41, 5.74) is 7.09. The van der Waals surface area contributed by atoms with E-state index < -0.39 is 0 Å². The van der Waals surface area contributed by atoms with E-state index in [0.717, 1.165) is 11.1 Å². The molecule has 2 aromatic rings. The lowest BCUT2D eigenvalue weighted by molar-refractivity contribution is 0.287. The minimum atomic E-state index is -0.251. The predicted molar refractivity (Wildman–Crippen MR) is 70.8 cm³/mol. The molecule has 4 nitrogen and oxygen atoms in total. The van der Waals surface area contributed by atoms with Crippen molar-refractivity contribution in [3.05, 3.63) is 35.9 Å². The first-order valence-electron chi connectivity index (χ1n) is 5.76. The standard InChI is InChI=1S/C13H15ClN2O2/c1-9(14)11-12(10-5-3-2-4-6-10)18-16-13(11)17-8-7-15/h2-6,9H,7-8,15H2,1H3. The van der Waals surface area contributed by atoms with Crippen LogP contribution in [-0.4, -0.2) is 18.3 Å². The zero-order valence-electron chi connectivity index (χ0n) is 10.1. The molecule has 96 valence electrons. The van der Waals surface area contributed by atoms with Crippen LogP contribution >= 0.6 is 11.6 Å². The SMILES string of the molecule is CC(Cl)c1c(OCCN)noc1-c1ccccc1. The van der Waals surface area contributed by atoms with E-state index in [4.69, 9.17) is 26.6 Å². The quantitative estimate of drug-likeness (QED) is 0.845. The highest BCUT2D eigenvalue weighted by atomic mass is 35.5. The van der Waals surface area contributed by atoms with E-state index in [1.54, 1.807) is 0 Å². The predicted octanol–water partition coefficient (Wildman–Crippen LogP) is 2.98. The van der Waals surface area contributed by atoms with Gasteiger partial charge in [0.05, 0.1) is 10.9 Å². The van der Waals surface area contributed by atoms with Crippen LogP contribution < -0.4 is 10.5 Å². The summed E-state index contributed by atoms with van der Waals surface area (Å²) in [7, 11) is 0. The zero-order chi connectivity index (χ0) is 13.0. The fraction of sp³-hybridized carbons (Fsp3) is 0.308. The Bertz CT molecular complexity index is 497. The number of nitrogens with two attached hydrogens (primary N) is 1. The Morgan fingerprint density at radius 2 is 2.11 bits per heavy atom. The summed E-state index contributed by atoms with van der Waals surface area (Å²) in [5, 5.41) is 3.66. The van der Waals surface area contributed by atoms with Crippen molar-refractivity contribution in [1.82, 2.24) is 5.16 Å². The highest BCUT2D eigenvalue weighted by Gasteiger charge is 2.22. The average Bonchev–Trinajstić information content (AvgIpc) is 2.81. The number of hydrogen-bond acceptors (Lipinski definition) is 4.